The molecule has 485 valence electrons. The van der Waals surface area contributed by atoms with Gasteiger partial charge in [-0.1, -0.05) is 81.1 Å². The molecule has 0 aliphatic carbocycles. The molecule has 0 fully saturated rings. The Morgan fingerprint density at radius 3 is 1.16 bits per heavy atom. The molecule has 0 saturated carbocycles. The maximum absolute atomic E-state index is 11.8. The SMILES string of the molecule is C.CI.COc1cc(C)ccc1N.COc1cc(C)ccc1NC(=O)CCl.COc1cc(C)ccc1NC(=O)CN.COc1cc(C)ccc1NC(=O)CN=CCC(C)(C)C.COc1cc(C)ccc1NC(=O)CNC(=O)OC(C)(C)C.[I][V]([I])[I].[V]. The molecule has 0 heterocycles. The number of aryl methyl sites for hydroxylation is 5. The van der Waals surface area contributed by atoms with Crippen LogP contribution >= 0.6 is 94.1 Å². The van der Waals surface area contributed by atoms with E-state index in [1.165, 1.54) is 7.11 Å². The van der Waals surface area contributed by atoms with Crippen LogP contribution in [-0.2, 0) is 47.4 Å². The van der Waals surface area contributed by atoms with E-state index in [-0.39, 0.29) is 85.5 Å². The number of nitrogens with one attached hydrogen (secondary N) is 5. The summed E-state index contributed by atoms with van der Waals surface area (Å²) < 4.78 is 30.7. The minimum absolute atomic E-state index is 0. The molecule has 5 amide bonds. The maximum Gasteiger partial charge on any atom is 0 e. The van der Waals surface area contributed by atoms with E-state index in [4.69, 9.17) is 51.5 Å². The van der Waals surface area contributed by atoms with Gasteiger partial charge in [0.15, 0.2) is 0 Å². The first-order chi connectivity index (χ1) is 39.8. The summed E-state index contributed by atoms with van der Waals surface area (Å²) in [4.78, 5) is 63.0. The van der Waals surface area contributed by atoms with Gasteiger partial charge in [0.05, 0.1) is 70.5 Å². The predicted molar refractivity (Wildman–Crippen MR) is 388 cm³/mol. The van der Waals surface area contributed by atoms with Gasteiger partial charge in [-0.15, -0.1) is 11.6 Å². The van der Waals surface area contributed by atoms with E-state index in [0.717, 1.165) is 40.0 Å². The molecule has 0 aliphatic rings. The average molecular weight is 1760 g/mol. The Labute approximate surface area is 585 Å². The third-order valence-corrected chi connectivity index (χ3v) is 10.3. The van der Waals surface area contributed by atoms with Crippen molar-refractivity contribution in [3.63, 3.8) is 0 Å². The van der Waals surface area contributed by atoms with Crippen LogP contribution in [-0.4, -0.2) is 108 Å². The van der Waals surface area contributed by atoms with Crippen LogP contribution in [0.15, 0.2) is 96.0 Å². The summed E-state index contributed by atoms with van der Waals surface area (Å²) in [5.74, 6) is 2.24. The molecule has 0 unspecified atom stereocenters. The number of alkyl carbamates (subject to hydrolysis) is 1. The zero-order chi connectivity index (χ0) is 65.5. The Bertz CT molecular complexity index is 2790. The number of rotatable bonds is 16. The van der Waals surface area contributed by atoms with E-state index in [1.807, 2.05) is 119 Å². The van der Waals surface area contributed by atoms with Crippen LogP contribution in [0.2, 0.25) is 0 Å². The molecule has 5 aromatic carbocycles. The van der Waals surface area contributed by atoms with Crippen LogP contribution < -0.4 is 61.7 Å². The molecule has 5 aromatic rings. The van der Waals surface area contributed by atoms with Gasteiger partial charge in [-0.05, 0) is 167 Å². The normalized spacial score (nSPS) is 9.93. The van der Waals surface area contributed by atoms with E-state index >= 15 is 0 Å². The zero-order valence-electron chi connectivity index (χ0n) is 52.2. The third-order valence-electron chi connectivity index (χ3n) is 10.1. The van der Waals surface area contributed by atoms with Crippen molar-refractivity contribution in [2.45, 2.75) is 95.6 Å². The van der Waals surface area contributed by atoms with Crippen molar-refractivity contribution >= 4 is 159 Å². The van der Waals surface area contributed by atoms with Gasteiger partial charge in [-0.3, -0.25) is 24.2 Å². The number of nitrogen functional groups attached to an aromatic ring is 1. The molecule has 9 N–H and O–H groups in total. The first kappa shape index (κ1) is 89.5. The van der Waals surface area contributed by atoms with Crippen molar-refractivity contribution in [2.75, 3.05) is 93.0 Å². The molecular weight excluding hydrogens is 1670 g/mol. The number of methoxy groups -OCH3 is 5. The number of amides is 5. The molecule has 1 radical (unpaired) electrons. The van der Waals surface area contributed by atoms with Crippen LogP contribution in [0.5, 0.6) is 28.7 Å². The second-order valence-electron chi connectivity index (χ2n) is 19.9. The topological polar surface area (TPSA) is 265 Å². The number of anilines is 5. The van der Waals surface area contributed by atoms with Crippen LogP contribution in [0, 0.1) is 40.0 Å². The summed E-state index contributed by atoms with van der Waals surface area (Å²) in [6.07, 6.45) is 2.04. The fourth-order valence-corrected chi connectivity index (χ4v) is 6.21. The molecule has 19 nitrogen and oxygen atoms in total. The second kappa shape index (κ2) is 49.8. The maximum atomic E-state index is 11.8. The van der Waals surface area contributed by atoms with E-state index in [0.29, 0.717) is 51.4 Å². The Kier molecular flexibility index (Phi) is 51.2. The summed E-state index contributed by atoms with van der Waals surface area (Å²) in [7, 11) is 7.86. The number of nitrogens with two attached hydrogens (primary N) is 2. The Morgan fingerprint density at radius 2 is 0.862 bits per heavy atom. The molecule has 26 heteroatoms. The summed E-state index contributed by atoms with van der Waals surface area (Å²) in [6.45, 7) is 21.4. The number of hydrogen-bond acceptors (Lipinski definition) is 14. The standard InChI is InChI=1S/C16H24N2O2.C15H22N2O4.C10H12ClNO2.C10H14N2O2.C8H11NO.CH3I.CH4.3HI.2V/c1-12-6-7-13(14(10-12)20-5)18-15(19)11-17-9-8-16(2,3)4;1-10-6-7-11(12(8-10)20-5)17-13(18)9-16-14(19)21-15(2,3)4;2*1-7-3-4-8(9(5-7)14-2)12-10(13)6-11;1-6-3-4-7(9)8(5-6)10-2;1-2;;;;;;/h6-7,9-10H,8,11H2,1-5H3,(H,18,19);6-8H,9H2,1-5H3,(H,16,19)(H,17,18);3-5H,6H2,1-2H3,(H,12,13);3-5H,6,11H2,1-2H3,(H,12,13);3-5H,9H2,1-2H3;1H3;1H4;3*1H;;/q;;;;;;;;;;;+3/p-3. The van der Waals surface area contributed by atoms with Gasteiger partial charge in [0.2, 0.25) is 23.6 Å². The van der Waals surface area contributed by atoms with Gasteiger partial charge in [-0.25, -0.2) is 4.79 Å². The van der Waals surface area contributed by atoms with Crippen molar-refractivity contribution in [1.82, 2.24) is 5.32 Å². The largest absolute Gasteiger partial charge is 0 e. The summed E-state index contributed by atoms with van der Waals surface area (Å²) in [6, 6.07) is 27.9. The minimum Gasteiger partial charge on any atom is 0 e. The summed E-state index contributed by atoms with van der Waals surface area (Å²) in [5.41, 5.74) is 19.0. The van der Waals surface area contributed by atoms with Crippen LogP contribution in [0.1, 0.15) is 83.2 Å². The van der Waals surface area contributed by atoms with Gasteiger partial charge < -0.3 is 66.5 Å². The number of carbonyl (C=O) groups is 5. The summed E-state index contributed by atoms with van der Waals surface area (Å²) >= 11 is 14.9. The number of hydrogen-bond donors (Lipinski definition) is 7. The second-order valence-corrected chi connectivity index (χ2v) is 55.6. The monoisotopic (exact) mass is 1760 g/mol. The molecule has 0 aromatic heterocycles. The molecule has 0 atom stereocenters. The molecule has 0 aliphatic heterocycles. The number of carbonyl (C=O) groups excluding carboxylic acids is 5. The summed E-state index contributed by atoms with van der Waals surface area (Å²) in [5, 5.41) is 13.2. The van der Waals surface area contributed by atoms with Crippen LogP contribution in [0.25, 0.3) is 0 Å². The Hall–Kier alpha value is -3.94. The number of ether oxygens (including phenoxy) is 6. The number of halogens is 5. The minimum atomic E-state index is -0.631. The fourth-order valence-electron chi connectivity index (χ4n) is 6.15. The van der Waals surface area contributed by atoms with Crippen molar-refractivity contribution in [3.8, 4) is 28.7 Å². The fraction of sp³-hybridized carbons (Fsp3) is 0.410. The van der Waals surface area contributed by atoms with E-state index < -0.39 is 11.7 Å². The number of alkyl halides is 2. The van der Waals surface area contributed by atoms with E-state index in [9.17, 15) is 24.0 Å². The van der Waals surface area contributed by atoms with Gasteiger partial charge in [0.1, 0.15) is 53.3 Å². The quantitative estimate of drug-likeness (QED) is 0.0210. The molecule has 0 bridgehead atoms. The van der Waals surface area contributed by atoms with Crippen LogP contribution in [0.3, 0.4) is 0 Å². The van der Waals surface area contributed by atoms with E-state index in [2.05, 4.69) is 135 Å². The number of nitrogens with zero attached hydrogens (tertiary/aromatic N) is 1. The first-order valence-electron chi connectivity index (χ1n) is 25.9. The molecule has 0 saturated heterocycles. The van der Waals surface area contributed by atoms with Crippen molar-refractivity contribution in [2.24, 2.45) is 16.1 Å². The first-order valence-corrected chi connectivity index (χ1v) is 42.1. The molecule has 0 spiro atoms. The smallest absolute Gasteiger partial charge is 0 e. The van der Waals surface area contributed by atoms with Crippen LogP contribution in [0.4, 0.5) is 33.2 Å². The van der Waals surface area contributed by atoms with Crippen molar-refractivity contribution in [3.05, 3.63) is 119 Å². The molecular formula is C61H90ClI4N8O11V2. The van der Waals surface area contributed by atoms with Gasteiger partial charge in [0.25, 0.3) is 0 Å². The molecule has 87 heavy (non-hydrogen) atoms. The van der Waals surface area contributed by atoms with Gasteiger partial charge in [0, 0.05) is 18.6 Å². The average Bonchev–Trinajstić information content (AvgIpc) is 3.39. The van der Waals surface area contributed by atoms with Gasteiger partial charge in [-0.2, -0.15) is 0 Å². The Balaban J connectivity index is -0.000000489. The predicted octanol–water partition coefficient (Wildman–Crippen LogP) is 14.9. The van der Waals surface area contributed by atoms with Gasteiger partial charge >= 0.3 is 71.0 Å². The molecule has 5 rings (SSSR count). The third kappa shape index (κ3) is 44.2. The number of benzene rings is 5. The zero-order valence-corrected chi connectivity index (χ0v) is 64.3. The van der Waals surface area contributed by atoms with E-state index in [1.54, 1.807) is 67.4 Å². The number of aliphatic imine (C=N–C) groups is 1. The van der Waals surface area contributed by atoms with Crippen molar-refractivity contribution < 1.29 is 75.9 Å². The Morgan fingerprint density at radius 1 is 0.552 bits per heavy atom. The van der Waals surface area contributed by atoms with Crippen molar-refractivity contribution in [1.29, 1.82) is 0 Å².